The van der Waals surface area contributed by atoms with Gasteiger partial charge in [-0.25, -0.2) is 0 Å². The lowest BCUT2D eigenvalue weighted by Gasteiger charge is -1.99. The van der Waals surface area contributed by atoms with Crippen LogP contribution in [0.2, 0.25) is 10.0 Å². The summed E-state index contributed by atoms with van der Waals surface area (Å²) in [5, 5.41) is 10.8. The van der Waals surface area contributed by atoms with Crippen molar-refractivity contribution in [2.24, 2.45) is 4.99 Å². The van der Waals surface area contributed by atoms with E-state index < -0.39 is 0 Å². The number of benzene rings is 2. The number of phenolic OH excluding ortho intramolecular Hbond substituents is 1. The predicted octanol–water partition coefficient (Wildman–Crippen LogP) is 4.45. The maximum Gasteiger partial charge on any atom is 0.125 e. The van der Waals surface area contributed by atoms with Gasteiger partial charge in [0.05, 0.1) is 5.69 Å². The summed E-state index contributed by atoms with van der Waals surface area (Å²) < 4.78 is 0. The molecular formula is C13H9Cl2NO. The van der Waals surface area contributed by atoms with E-state index >= 15 is 0 Å². The Morgan fingerprint density at radius 1 is 0.941 bits per heavy atom. The summed E-state index contributed by atoms with van der Waals surface area (Å²) in [7, 11) is 0. The van der Waals surface area contributed by atoms with E-state index in [9.17, 15) is 5.11 Å². The van der Waals surface area contributed by atoms with Gasteiger partial charge in [0.2, 0.25) is 0 Å². The van der Waals surface area contributed by atoms with Crippen LogP contribution in [0.5, 0.6) is 5.75 Å². The van der Waals surface area contributed by atoms with Gasteiger partial charge < -0.3 is 5.11 Å². The highest BCUT2D eigenvalue weighted by Crippen LogP contribution is 2.21. The Hall–Kier alpha value is -1.51. The Morgan fingerprint density at radius 2 is 1.59 bits per heavy atom. The Kier molecular flexibility index (Phi) is 3.67. The molecule has 0 saturated carbocycles. The highest BCUT2D eigenvalue weighted by molar-refractivity contribution is 6.31. The van der Waals surface area contributed by atoms with E-state index in [0.717, 1.165) is 5.69 Å². The summed E-state index contributed by atoms with van der Waals surface area (Å²) >= 11 is 11.5. The number of phenols is 1. The maximum atomic E-state index is 9.62. The fraction of sp³-hybridized carbons (Fsp3) is 0. The third-order valence-electron chi connectivity index (χ3n) is 2.17. The molecule has 4 heteroatoms. The van der Waals surface area contributed by atoms with E-state index in [2.05, 4.69) is 4.99 Å². The molecule has 17 heavy (non-hydrogen) atoms. The van der Waals surface area contributed by atoms with E-state index in [0.29, 0.717) is 15.6 Å². The molecule has 2 rings (SSSR count). The third kappa shape index (κ3) is 3.22. The van der Waals surface area contributed by atoms with Gasteiger partial charge in [-0.15, -0.1) is 0 Å². The molecule has 2 aromatic carbocycles. The van der Waals surface area contributed by atoms with Crippen LogP contribution in [-0.4, -0.2) is 11.3 Å². The molecule has 0 fully saturated rings. The summed E-state index contributed by atoms with van der Waals surface area (Å²) in [6.07, 6.45) is 1.58. The first-order valence-electron chi connectivity index (χ1n) is 4.93. The van der Waals surface area contributed by atoms with Crippen molar-refractivity contribution in [1.82, 2.24) is 0 Å². The number of aromatic hydroxyl groups is 1. The average Bonchev–Trinajstić information content (AvgIpc) is 2.30. The van der Waals surface area contributed by atoms with Crippen LogP contribution in [0.3, 0.4) is 0 Å². The molecule has 0 aliphatic rings. The Labute approximate surface area is 109 Å². The molecule has 0 spiro atoms. The molecule has 1 N–H and O–H groups in total. The molecule has 0 heterocycles. The van der Waals surface area contributed by atoms with Crippen LogP contribution in [0, 0.1) is 0 Å². The van der Waals surface area contributed by atoms with Gasteiger partial charge in [0.1, 0.15) is 5.75 Å². The van der Waals surface area contributed by atoms with Gasteiger partial charge in [0, 0.05) is 21.8 Å². The number of hydrogen-bond acceptors (Lipinski definition) is 2. The summed E-state index contributed by atoms with van der Waals surface area (Å²) in [5.41, 5.74) is 1.38. The van der Waals surface area contributed by atoms with Crippen LogP contribution in [0.1, 0.15) is 5.56 Å². The molecule has 86 valence electrons. The van der Waals surface area contributed by atoms with Crippen molar-refractivity contribution in [1.29, 1.82) is 0 Å². The Bertz CT molecular complexity index is 550. The fourth-order valence-electron chi connectivity index (χ4n) is 1.30. The van der Waals surface area contributed by atoms with Gasteiger partial charge in [-0.2, -0.15) is 0 Å². The molecule has 0 bridgehead atoms. The maximum absolute atomic E-state index is 9.62. The number of aliphatic imine (C=N–C) groups is 1. The molecule has 0 saturated heterocycles. The minimum absolute atomic E-state index is 0.107. The van der Waals surface area contributed by atoms with E-state index in [-0.39, 0.29) is 5.75 Å². The summed E-state index contributed by atoms with van der Waals surface area (Å²) in [4.78, 5) is 4.22. The van der Waals surface area contributed by atoms with Gasteiger partial charge in [-0.1, -0.05) is 23.2 Å². The zero-order valence-corrected chi connectivity index (χ0v) is 10.3. The van der Waals surface area contributed by atoms with Crippen LogP contribution in [0.4, 0.5) is 5.69 Å². The second-order valence-electron chi connectivity index (χ2n) is 3.44. The van der Waals surface area contributed by atoms with Crippen LogP contribution in [0.25, 0.3) is 0 Å². The number of hydrogen-bond donors (Lipinski definition) is 1. The monoisotopic (exact) mass is 265 g/mol. The first kappa shape index (κ1) is 12.0. The van der Waals surface area contributed by atoms with Crippen LogP contribution < -0.4 is 0 Å². The second kappa shape index (κ2) is 5.21. The lowest BCUT2D eigenvalue weighted by atomic mass is 10.2. The van der Waals surface area contributed by atoms with Gasteiger partial charge in [-0.3, -0.25) is 4.99 Å². The first-order valence-corrected chi connectivity index (χ1v) is 5.69. The number of rotatable bonds is 2. The molecule has 2 nitrogen and oxygen atoms in total. The smallest absolute Gasteiger partial charge is 0.125 e. The molecule has 0 aliphatic heterocycles. The molecule has 0 amide bonds. The second-order valence-corrected chi connectivity index (χ2v) is 4.31. The summed E-state index contributed by atoms with van der Waals surface area (Å²) in [5.74, 6) is 0.107. The van der Waals surface area contributed by atoms with Crippen molar-refractivity contribution in [2.75, 3.05) is 0 Å². The quantitative estimate of drug-likeness (QED) is 0.800. The first-order chi connectivity index (χ1) is 8.15. The standard InChI is InChI=1S/C13H9Cl2NO/c14-10-3-5-12(6-4-10)16-8-9-1-2-11(15)7-13(9)17/h1-8,17H. The van der Waals surface area contributed by atoms with E-state index in [1.54, 1.807) is 42.6 Å². The van der Waals surface area contributed by atoms with Crippen molar-refractivity contribution in [3.8, 4) is 5.75 Å². The zero-order valence-electron chi connectivity index (χ0n) is 8.77. The average molecular weight is 266 g/mol. The highest BCUT2D eigenvalue weighted by atomic mass is 35.5. The van der Waals surface area contributed by atoms with Crippen LogP contribution >= 0.6 is 23.2 Å². The molecular weight excluding hydrogens is 257 g/mol. The molecule has 2 aromatic rings. The summed E-state index contributed by atoms with van der Waals surface area (Å²) in [6, 6.07) is 12.0. The SMILES string of the molecule is Oc1cc(Cl)ccc1C=Nc1ccc(Cl)cc1. The normalized spacial score (nSPS) is 10.9. The number of halogens is 2. The molecule has 0 aliphatic carbocycles. The lowest BCUT2D eigenvalue weighted by Crippen LogP contribution is -1.81. The minimum Gasteiger partial charge on any atom is -0.507 e. The Balaban J connectivity index is 2.23. The van der Waals surface area contributed by atoms with Gasteiger partial charge in [0.25, 0.3) is 0 Å². The van der Waals surface area contributed by atoms with Crippen molar-refractivity contribution < 1.29 is 5.11 Å². The molecule has 0 unspecified atom stereocenters. The van der Waals surface area contributed by atoms with Gasteiger partial charge in [0.15, 0.2) is 0 Å². The third-order valence-corrected chi connectivity index (χ3v) is 2.66. The predicted molar refractivity (Wildman–Crippen MR) is 71.8 cm³/mol. The molecule has 0 atom stereocenters. The highest BCUT2D eigenvalue weighted by Gasteiger charge is 1.98. The van der Waals surface area contributed by atoms with Crippen molar-refractivity contribution in [2.45, 2.75) is 0 Å². The van der Waals surface area contributed by atoms with Crippen molar-refractivity contribution >= 4 is 35.1 Å². The van der Waals surface area contributed by atoms with E-state index in [1.165, 1.54) is 6.07 Å². The lowest BCUT2D eigenvalue weighted by molar-refractivity contribution is 0.474. The van der Waals surface area contributed by atoms with E-state index in [1.807, 2.05) is 0 Å². The van der Waals surface area contributed by atoms with E-state index in [4.69, 9.17) is 23.2 Å². The van der Waals surface area contributed by atoms with Gasteiger partial charge in [-0.05, 0) is 42.5 Å². The zero-order chi connectivity index (χ0) is 12.3. The minimum atomic E-state index is 0.107. The fourth-order valence-corrected chi connectivity index (χ4v) is 1.59. The summed E-state index contributed by atoms with van der Waals surface area (Å²) in [6.45, 7) is 0. The molecule has 0 radical (unpaired) electrons. The topological polar surface area (TPSA) is 32.6 Å². The largest absolute Gasteiger partial charge is 0.507 e. The molecule has 0 aromatic heterocycles. The van der Waals surface area contributed by atoms with Crippen LogP contribution in [-0.2, 0) is 0 Å². The van der Waals surface area contributed by atoms with Crippen LogP contribution in [0.15, 0.2) is 47.5 Å². The van der Waals surface area contributed by atoms with Crippen molar-refractivity contribution in [3.05, 3.63) is 58.1 Å². The van der Waals surface area contributed by atoms with Crippen molar-refractivity contribution in [3.63, 3.8) is 0 Å². The number of nitrogens with zero attached hydrogens (tertiary/aromatic N) is 1. The Morgan fingerprint density at radius 3 is 2.24 bits per heavy atom. The van der Waals surface area contributed by atoms with Gasteiger partial charge >= 0.3 is 0 Å².